The summed E-state index contributed by atoms with van der Waals surface area (Å²) in [6.45, 7) is 4.35. The first-order chi connectivity index (χ1) is 9.99. The second-order valence-corrected chi connectivity index (χ2v) is 4.69. The zero-order valence-corrected chi connectivity index (χ0v) is 11.9. The summed E-state index contributed by atoms with van der Waals surface area (Å²) in [5.41, 5.74) is 2.22. The Bertz CT molecular complexity index is 679. The molecular weight excluding hydrogens is 272 g/mol. The molecule has 0 fully saturated rings. The van der Waals surface area contributed by atoms with Crippen LogP contribution >= 0.6 is 0 Å². The van der Waals surface area contributed by atoms with Gasteiger partial charge in [0.2, 0.25) is 0 Å². The molecule has 7 nitrogen and oxygen atoms in total. The first-order valence-electron chi connectivity index (χ1n) is 6.51. The standard InChI is InChI=1S/C14H16N4O3/c1-10-5-3-4-6-12(10)14(19)15-7-8-17-11(2)9-13(16-17)18(20)21/h3-6,9H,7-8H2,1-2H3,(H,15,19). The van der Waals surface area contributed by atoms with Crippen LogP contribution in [-0.4, -0.2) is 27.2 Å². The van der Waals surface area contributed by atoms with Gasteiger partial charge in [-0.1, -0.05) is 18.2 Å². The first kappa shape index (κ1) is 14.7. The third-order valence-corrected chi connectivity index (χ3v) is 3.15. The summed E-state index contributed by atoms with van der Waals surface area (Å²) in [5, 5.41) is 17.3. The molecule has 1 aromatic carbocycles. The fourth-order valence-corrected chi connectivity index (χ4v) is 2.01. The SMILES string of the molecule is Cc1ccccc1C(=O)NCCn1nc([N+](=O)[O-])cc1C. The zero-order chi connectivity index (χ0) is 15.4. The summed E-state index contributed by atoms with van der Waals surface area (Å²) >= 11 is 0. The van der Waals surface area contributed by atoms with Crippen molar-refractivity contribution in [2.24, 2.45) is 0 Å². The number of benzene rings is 1. The Morgan fingerprint density at radius 1 is 1.38 bits per heavy atom. The van der Waals surface area contributed by atoms with Gasteiger partial charge in [-0.05, 0) is 30.4 Å². The molecule has 0 atom stereocenters. The van der Waals surface area contributed by atoms with Crippen LogP contribution in [0, 0.1) is 24.0 Å². The normalized spacial score (nSPS) is 10.4. The van der Waals surface area contributed by atoms with Crippen LogP contribution in [0.4, 0.5) is 5.82 Å². The fraction of sp³-hybridized carbons (Fsp3) is 0.286. The minimum Gasteiger partial charge on any atom is -0.358 e. The molecular formula is C14H16N4O3. The second-order valence-electron chi connectivity index (χ2n) is 4.69. The van der Waals surface area contributed by atoms with Gasteiger partial charge in [0.1, 0.15) is 0 Å². The minimum atomic E-state index is -0.532. The molecule has 1 N–H and O–H groups in total. The van der Waals surface area contributed by atoms with Crippen LogP contribution in [-0.2, 0) is 6.54 Å². The van der Waals surface area contributed by atoms with Gasteiger partial charge in [0.05, 0.1) is 23.4 Å². The summed E-state index contributed by atoms with van der Waals surface area (Å²) in [5.74, 6) is -0.342. The number of carbonyl (C=O) groups excluding carboxylic acids is 1. The topological polar surface area (TPSA) is 90.1 Å². The predicted octanol–water partition coefficient (Wildman–Crippen LogP) is 1.84. The van der Waals surface area contributed by atoms with Gasteiger partial charge in [-0.3, -0.25) is 4.79 Å². The van der Waals surface area contributed by atoms with E-state index in [-0.39, 0.29) is 11.7 Å². The molecule has 110 valence electrons. The molecule has 2 aromatic rings. The molecule has 0 saturated heterocycles. The van der Waals surface area contributed by atoms with Gasteiger partial charge < -0.3 is 15.4 Å². The van der Waals surface area contributed by atoms with E-state index in [0.717, 1.165) is 5.56 Å². The van der Waals surface area contributed by atoms with E-state index in [1.165, 1.54) is 10.7 Å². The highest BCUT2D eigenvalue weighted by molar-refractivity contribution is 5.95. The lowest BCUT2D eigenvalue weighted by Gasteiger charge is -2.07. The largest absolute Gasteiger partial charge is 0.390 e. The van der Waals surface area contributed by atoms with Gasteiger partial charge in [-0.15, -0.1) is 0 Å². The number of carbonyl (C=O) groups is 1. The van der Waals surface area contributed by atoms with E-state index in [1.807, 2.05) is 25.1 Å². The molecule has 21 heavy (non-hydrogen) atoms. The molecule has 0 aliphatic carbocycles. The van der Waals surface area contributed by atoms with E-state index in [4.69, 9.17) is 0 Å². The minimum absolute atomic E-state index is 0.160. The number of rotatable bonds is 5. The van der Waals surface area contributed by atoms with E-state index in [2.05, 4.69) is 10.4 Å². The highest BCUT2D eigenvalue weighted by atomic mass is 16.6. The third kappa shape index (κ3) is 3.44. The van der Waals surface area contributed by atoms with E-state index in [9.17, 15) is 14.9 Å². The van der Waals surface area contributed by atoms with Crippen LogP contribution in [0.25, 0.3) is 0 Å². The Morgan fingerprint density at radius 3 is 2.71 bits per heavy atom. The van der Waals surface area contributed by atoms with E-state index < -0.39 is 4.92 Å². The maximum atomic E-state index is 12.0. The Hall–Kier alpha value is -2.70. The average molecular weight is 288 g/mol. The number of amides is 1. The Balaban J connectivity index is 1.94. The van der Waals surface area contributed by atoms with Gasteiger partial charge >= 0.3 is 5.82 Å². The maximum Gasteiger partial charge on any atom is 0.390 e. The van der Waals surface area contributed by atoms with E-state index in [0.29, 0.717) is 24.3 Å². The lowest BCUT2D eigenvalue weighted by Crippen LogP contribution is -2.28. The molecule has 1 aromatic heterocycles. The summed E-state index contributed by atoms with van der Waals surface area (Å²) < 4.78 is 1.51. The summed E-state index contributed by atoms with van der Waals surface area (Å²) in [6, 6.07) is 8.72. The van der Waals surface area contributed by atoms with Crippen molar-refractivity contribution in [1.29, 1.82) is 0 Å². The van der Waals surface area contributed by atoms with Crippen LogP contribution in [0.1, 0.15) is 21.6 Å². The number of nitrogens with zero attached hydrogens (tertiary/aromatic N) is 3. The summed E-state index contributed by atoms with van der Waals surface area (Å²) in [7, 11) is 0. The molecule has 0 aliphatic rings. The van der Waals surface area contributed by atoms with Crippen molar-refractivity contribution < 1.29 is 9.72 Å². The Kier molecular flexibility index (Phi) is 4.32. The van der Waals surface area contributed by atoms with E-state index >= 15 is 0 Å². The van der Waals surface area contributed by atoms with Crippen molar-refractivity contribution in [3.05, 3.63) is 57.3 Å². The van der Waals surface area contributed by atoms with Crippen molar-refractivity contribution >= 4 is 11.7 Å². The summed E-state index contributed by atoms with van der Waals surface area (Å²) in [6.07, 6.45) is 0. The summed E-state index contributed by atoms with van der Waals surface area (Å²) in [4.78, 5) is 22.1. The second kappa shape index (κ2) is 6.17. The lowest BCUT2D eigenvalue weighted by molar-refractivity contribution is -0.389. The number of aryl methyl sites for hydroxylation is 2. The zero-order valence-electron chi connectivity index (χ0n) is 11.9. The highest BCUT2D eigenvalue weighted by Gasteiger charge is 2.15. The lowest BCUT2D eigenvalue weighted by atomic mass is 10.1. The van der Waals surface area contributed by atoms with E-state index in [1.54, 1.807) is 13.0 Å². The van der Waals surface area contributed by atoms with Gasteiger partial charge in [0.15, 0.2) is 0 Å². The number of nitro groups is 1. The van der Waals surface area contributed by atoms with Crippen molar-refractivity contribution in [3.8, 4) is 0 Å². The number of aromatic nitrogens is 2. The molecule has 1 amide bonds. The first-order valence-corrected chi connectivity index (χ1v) is 6.51. The Morgan fingerprint density at radius 2 is 2.10 bits per heavy atom. The van der Waals surface area contributed by atoms with Gasteiger partial charge in [-0.2, -0.15) is 4.68 Å². The van der Waals surface area contributed by atoms with Crippen molar-refractivity contribution in [1.82, 2.24) is 15.1 Å². The molecule has 7 heteroatoms. The van der Waals surface area contributed by atoms with Crippen molar-refractivity contribution in [2.75, 3.05) is 6.54 Å². The molecule has 0 aliphatic heterocycles. The van der Waals surface area contributed by atoms with Crippen LogP contribution in [0.3, 0.4) is 0 Å². The molecule has 0 spiro atoms. The highest BCUT2D eigenvalue weighted by Crippen LogP contribution is 2.10. The smallest absolute Gasteiger partial charge is 0.358 e. The Labute approximate surface area is 121 Å². The molecule has 0 unspecified atom stereocenters. The van der Waals surface area contributed by atoms with Crippen molar-refractivity contribution in [3.63, 3.8) is 0 Å². The average Bonchev–Trinajstić information content (AvgIpc) is 2.81. The maximum absolute atomic E-state index is 12.0. The number of hydrogen-bond acceptors (Lipinski definition) is 4. The molecule has 0 saturated carbocycles. The predicted molar refractivity (Wildman–Crippen MR) is 77.1 cm³/mol. The van der Waals surface area contributed by atoms with Crippen LogP contribution in [0.2, 0.25) is 0 Å². The molecule has 2 rings (SSSR count). The van der Waals surface area contributed by atoms with Gasteiger partial charge in [-0.25, -0.2) is 0 Å². The van der Waals surface area contributed by atoms with Crippen LogP contribution < -0.4 is 5.32 Å². The van der Waals surface area contributed by atoms with Crippen molar-refractivity contribution in [2.45, 2.75) is 20.4 Å². The molecule has 1 heterocycles. The van der Waals surface area contributed by atoms with Crippen LogP contribution in [0.15, 0.2) is 30.3 Å². The van der Waals surface area contributed by atoms with Crippen LogP contribution in [0.5, 0.6) is 0 Å². The molecule has 0 radical (unpaired) electrons. The number of hydrogen-bond donors (Lipinski definition) is 1. The number of nitrogens with one attached hydrogen (secondary N) is 1. The fourth-order valence-electron chi connectivity index (χ4n) is 2.01. The monoisotopic (exact) mass is 288 g/mol. The molecule has 0 bridgehead atoms. The van der Waals surface area contributed by atoms with Gasteiger partial charge in [0, 0.05) is 12.1 Å². The quantitative estimate of drug-likeness (QED) is 0.671. The third-order valence-electron chi connectivity index (χ3n) is 3.15. The van der Waals surface area contributed by atoms with Gasteiger partial charge in [0.25, 0.3) is 5.91 Å².